The zero-order valence-electron chi connectivity index (χ0n) is 12.4. The zero-order chi connectivity index (χ0) is 16.2. The molecule has 0 radical (unpaired) electrons. The molecule has 1 amide bonds. The normalized spacial score (nSPS) is 19.6. The standard InChI is InChI=1S/C15H19NO5S/c1-2-11-3-5-12(6-4-11)15(18)21-9-14(17)16-13-7-8-22(19,20)10-13/h3-6,13H,2,7-10H2,1H3,(H,16,17). The van der Waals surface area contributed by atoms with Gasteiger partial charge < -0.3 is 10.1 Å². The van der Waals surface area contributed by atoms with E-state index in [-0.39, 0.29) is 17.5 Å². The zero-order valence-corrected chi connectivity index (χ0v) is 13.2. The maximum atomic E-state index is 11.8. The van der Waals surface area contributed by atoms with Gasteiger partial charge in [-0.05, 0) is 30.5 Å². The van der Waals surface area contributed by atoms with Crippen LogP contribution in [0.5, 0.6) is 0 Å². The molecule has 0 aromatic heterocycles. The quantitative estimate of drug-likeness (QED) is 0.805. The number of carbonyl (C=O) groups excluding carboxylic acids is 2. The van der Waals surface area contributed by atoms with Crippen LogP contribution in [-0.2, 0) is 25.8 Å². The van der Waals surface area contributed by atoms with E-state index in [0.29, 0.717) is 12.0 Å². The summed E-state index contributed by atoms with van der Waals surface area (Å²) in [5, 5.41) is 2.56. The first kappa shape index (κ1) is 16.5. The first-order chi connectivity index (χ1) is 10.4. The predicted octanol–water partition coefficient (Wildman–Crippen LogP) is 0.709. The van der Waals surface area contributed by atoms with Crippen LogP contribution in [0.1, 0.15) is 29.3 Å². The van der Waals surface area contributed by atoms with Gasteiger partial charge in [-0.3, -0.25) is 4.79 Å². The highest BCUT2D eigenvalue weighted by Gasteiger charge is 2.29. The van der Waals surface area contributed by atoms with E-state index in [2.05, 4.69) is 5.32 Å². The molecule has 0 spiro atoms. The van der Waals surface area contributed by atoms with Crippen LogP contribution in [0.4, 0.5) is 0 Å². The number of aryl methyl sites for hydroxylation is 1. The highest BCUT2D eigenvalue weighted by atomic mass is 32.2. The lowest BCUT2D eigenvalue weighted by Gasteiger charge is -2.11. The highest BCUT2D eigenvalue weighted by Crippen LogP contribution is 2.11. The molecule has 120 valence electrons. The van der Waals surface area contributed by atoms with E-state index in [4.69, 9.17) is 4.74 Å². The average Bonchev–Trinajstić information content (AvgIpc) is 2.83. The topological polar surface area (TPSA) is 89.5 Å². The number of carbonyl (C=O) groups is 2. The minimum atomic E-state index is -3.04. The molecule has 1 aromatic rings. The first-order valence-corrected chi connectivity index (χ1v) is 8.97. The molecule has 2 rings (SSSR count). The number of rotatable bonds is 5. The van der Waals surface area contributed by atoms with E-state index in [0.717, 1.165) is 12.0 Å². The maximum Gasteiger partial charge on any atom is 0.338 e. The minimum Gasteiger partial charge on any atom is -0.452 e. The van der Waals surface area contributed by atoms with E-state index in [1.807, 2.05) is 19.1 Å². The third-order valence-corrected chi connectivity index (χ3v) is 5.30. The van der Waals surface area contributed by atoms with Crippen molar-refractivity contribution in [2.24, 2.45) is 0 Å². The second-order valence-corrected chi connectivity index (χ2v) is 7.52. The van der Waals surface area contributed by atoms with E-state index >= 15 is 0 Å². The van der Waals surface area contributed by atoms with Crippen molar-refractivity contribution in [2.75, 3.05) is 18.1 Å². The van der Waals surface area contributed by atoms with Crippen molar-refractivity contribution < 1.29 is 22.7 Å². The van der Waals surface area contributed by atoms with Gasteiger partial charge in [0, 0.05) is 6.04 Å². The first-order valence-electron chi connectivity index (χ1n) is 7.15. The second-order valence-electron chi connectivity index (χ2n) is 5.29. The Hall–Kier alpha value is -1.89. The number of ether oxygens (including phenoxy) is 1. The predicted molar refractivity (Wildman–Crippen MR) is 81.3 cm³/mol. The Morgan fingerprint density at radius 3 is 2.50 bits per heavy atom. The van der Waals surface area contributed by atoms with Gasteiger partial charge >= 0.3 is 5.97 Å². The summed E-state index contributed by atoms with van der Waals surface area (Å²) in [6.45, 7) is 1.60. The molecule has 7 heteroatoms. The van der Waals surface area contributed by atoms with E-state index in [9.17, 15) is 18.0 Å². The molecular formula is C15H19NO5S. The van der Waals surface area contributed by atoms with Gasteiger partial charge in [0.1, 0.15) is 0 Å². The van der Waals surface area contributed by atoms with Crippen LogP contribution in [0, 0.1) is 0 Å². The summed E-state index contributed by atoms with van der Waals surface area (Å²) in [6.07, 6.45) is 1.28. The fraction of sp³-hybridized carbons (Fsp3) is 0.467. The molecule has 1 aromatic carbocycles. The van der Waals surface area contributed by atoms with Crippen LogP contribution in [-0.4, -0.2) is 44.4 Å². The molecular weight excluding hydrogens is 306 g/mol. The van der Waals surface area contributed by atoms with E-state index in [1.165, 1.54) is 0 Å². The second kappa shape index (κ2) is 6.91. The Labute approximate surface area is 129 Å². The number of nitrogens with one attached hydrogen (secondary N) is 1. The Balaban J connectivity index is 1.79. The third-order valence-electron chi connectivity index (χ3n) is 3.53. The molecule has 1 unspecified atom stereocenters. The van der Waals surface area contributed by atoms with Crippen LogP contribution >= 0.6 is 0 Å². The maximum absolute atomic E-state index is 11.8. The molecule has 1 saturated heterocycles. The molecule has 1 fully saturated rings. The molecule has 6 nitrogen and oxygen atoms in total. The number of amides is 1. The molecule has 0 saturated carbocycles. The van der Waals surface area contributed by atoms with Crippen molar-refractivity contribution in [2.45, 2.75) is 25.8 Å². The van der Waals surface area contributed by atoms with Gasteiger partial charge in [-0.1, -0.05) is 19.1 Å². The van der Waals surface area contributed by atoms with Crippen molar-refractivity contribution in [1.29, 1.82) is 0 Å². The van der Waals surface area contributed by atoms with Gasteiger partial charge in [-0.2, -0.15) is 0 Å². The van der Waals surface area contributed by atoms with Crippen LogP contribution in [0.15, 0.2) is 24.3 Å². The van der Waals surface area contributed by atoms with Gasteiger partial charge in [0.15, 0.2) is 16.4 Å². The summed E-state index contributed by atoms with van der Waals surface area (Å²) < 4.78 is 27.5. The summed E-state index contributed by atoms with van der Waals surface area (Å²) in [6, 6.07) is 6.59. The fourth-order valence-corrected chi connectivity index (χ4v) is 3.94. The molecule has 0 bridgehead atoms. The van der Waals surface area contributed by atoms with E-state index in [1.54, 1.807) is 12.1 Å². The largest absolute Gasteiger partial charge is 0.452 e. The van der Waals surface area contributed by atoms with E-state index < -0.39 is 28.3 Å². The number of hydrogen-bond acceptors (Lipinski definition) is 5. The summed E-state index contributed by atoms with van der Waals surface area (Å²) in [4.78, 5) is 23.5. The lowest BCUT2D eigenvalue weighted by atomic mass is 10.1. The minimum absolute atomic E-state index is 0.0504. The van der Waals surface area contributed by atoms with Crippen molar-refractivity contribution >= 4 is 21.7 Å². The summed E-state index contributed by atoms with van der Waals surface area (Å²) in [7, 11) is -3.04. The number of hydrogen-bond donors (Lipinski definition) is 1. The smallest absolute Gasteiger partial charge is 0.338 e. The Bertz CT molecular complexity index is 651. The van der Waals surface area contributed by atoms with Gasteiger partial charge in [0.25, 0.3) is 5.91 Å². The van der Waals surface area contributed by atoms with Gasteiger partial charge in [0.05, 0.1) is 17.1 Å². The van der Waals surface area contributed by atoms with Crippen molar-refractivity contribution in [3.8, 4) is 0 Å². The van der Waals surface area contributed by atoms with Crippen LogP contribution in [0.3, 0.4) is 0 Å². The average molecular weight is 325 g/mol. The van der Waals surface area contributed by atoms with Crippen molar-refractivity contribution in [3.63, 3.8) is 0 Å². The monoisotopic (exact) mass is 325 g/mol. The highest BCUT2D eigenvalue weighted by molar-refractivity contribution is 7.91. The number of sulfone groups is 1. The van der Waals surface area contributed by atoms with Gasteiger partial charge in [-0.25, -0.2) is 13.2 Å². The fourth-order valence-electron chi connectivity index (χ4n) is 2.27. The van der Waals surface area contributed by atoms with Crippen LogP contribution in [0.25, 0.3) is 0 Å². The van der Waals surface area contributed by atoms with Crippen LogP contribution in [0.2, 0.25) is 0 Å². The SMILES string of the molecule is CCc1ccc(C(=O)OCC(=O)NC2CCS(=O)(=O)C2)cc1. The summed E-state index contributed by atoms with van der Waals surface area (Å²) in [5.74, 6) is -1.02. The third kappa shape index (κ3) is 4.56. The lowest BCUT2D eigenvalue weighted by molar-refractivity contribution is -0.124. The van der Waals surface area contributed by atoms with Crippen molar-refractivity contribution in [3.05, 3.63) is 35.4 Å². The lowest BCUT2D eigenvalue weighted by Crippen LogP contribution is -2.38. The van der Waals surface area contributed by atoms with Gasteiger partial charge in [0.2, 0.25) is 0 Å². The van der Waals surface area contributed by atoms with Crippen LogP contribution < -0.4 is 5.32 Å². The molecule has 1 atom stereocenters. The molecule has 1 N–H and O–H groups in total. The van der Waals surface area contributed by atoms with Gasteiger partial charge in [-0.15, -0.1) is 0 Å². The number of esters is 1. The Morgan fingerprint density at radius 2 is 1.95 bits per heavy atom. The summed E-state index contributed by atoms with van der Waals surface area (Å²) >= 11 is 0. The van der Waals surface area contributed by atoms with Crippen molar-refractivity contribution in [1.82, 2.24) is 5.32 Å². The number of benzene rings is 1. The molecule has 22 heavy (non-hydrogen) atoms. The molecule has 0 aliphatic carbocycles. The molecule has 1 aliphatic rings. The Morgan fingerprint density at radius 1 is 1.27 bits per heavy atom. The Kier molecular flexibility index (Phi) is 5.18. The summed E-state index contributed by atoms with van der Waals surface area (Å²) in [5.41, 5.74) is 1.49. The molecule has 1 heterocycles. The molecule has 1 aliphatic heterocycles.